The van der Waals surface area contributed by atoms with Crippen molar-refractivity contribution in [2.45, 2.75) is 136 Å². The molecule has 0 amide bonds. The molecule has 0 aromatic rings. The lowest BCUT2D eigenvalue weighted by atomic mass is 10.1. The van der Waals surface area contributed by atoms with Crippen LogP contribution in [0.15, 0.2) is 0 Å². The molecule has 0 aliphatic heterocycles. The van der Waals surface area contributed by atoms with Crippen molar-refractivity contribution in [2.75, 3.05) is 18.5 Å². The maximum Gasteiger partial charge on any atom is 0.225 e. The Morgan fingerprint density at radius 1 is 0.385 bits per heavy atom. The fourth-order valence-electron chi connectivity index (χ4n) is 4.02. The van der Waals surface area contributed by atoms with Gasteiger partial charge in [-0.05, 0) is 45.3 Å². The highest BCUT2D eigenvalue weighted by Gasteiger charge is 2.29. The molecule has 0 heterocycles. The first-order valence-electron chi connectivity index (χ1n) is 12.4. The minimum atomic E-state index is -0.608. The van der Waals surface area contributed by atoms with Gasteiger partial charge in [0.15, 0.2) is 0 Å². The van der Waals surface area contributed by atoms with Gasteiger partial charge in [0.2, 0.25) is 9.91 Å². The summed E-state index contributed by atoms with van der Waals surface area (Å²) in [5.41, 5.74) is 0. The summed E-state index contributed by atoms with van der Waals surface area (Å²) in [5, 5.41) is 0. The topological polar surface area (TPSA) is 0 Å². The molecule has 0 N–H and O–H groups in total. The van der Waals surface area contributed by atoms with E-state index in [0.717, 1.165) is 0 Å². The van der Waals surface area contributed by atoms with Crippen LogP contribution in [0.25, 0.3) is 0 Å². The van der Waals surface area contributed by atoms with Crippen LogP contribution in [0.3, 0.4) is 0 Å². The van der Waals surface area contributed by atoms with Crippen LogP contribution in [-0.2, 0) is 0 Å². The van der Waals surface area contributed by atoms with Crippen LogP contribution < -0.4 is 0 Å². The molecule has 0 bridgehead atoms. The minimum Gasteiger partial charge on any atom is -0.0654 e. The summed E-state index contributed by atoms with van der Waals surface area (Å²) in [6.07, 6.45) is 31.3. The van der Waals surface area contributed by atoms with Crippen LogP contribution in [0.4, 0.5) is 0 Å². The number of unbranched alkanes of at least 4 members (excludes halogenated alkanes) is 15. The van der Waals surface area contributed by atoms with E-state index in [4.69, 9.17) is 0 Å². The maximum absolute atomic E-state index is 2.49. The third-order valence-electron chi connectivity index (χ3n) is 5.96. The highest BCUT2D eigenvalue weighted by Crippen LogP contribution is 2.56. The van der Waals surface area contributed by atoms with Gasteiger partial charge in [0, 0.05) is 18.5 Å². The molecule has 0 spiro atoms. The molecule has 0 fully saturated rings. The van der Waals surface area contributed by atoms with E-state index in [9.17, 15) is 0 Å². The molecule has 0 aromatic heterocycles. The Morgan fingerprint density at radius 3 is 0.885 bits per heavy atom. The Bertz CT molecular complexity index is 226. The zero-order chi connectivity index (χ0) is 19.3. The first-order valence-corrected chi connectivity index (χ1v) is 16.8. The normalized spacial score (nSPS) is 12.0. The number of hydrogen-bond donors (Lipinski definition) is 0. The quantitative estimate of drug-likeness (QED) is 0.103. The van der Waals surface area contributed by atoms with Crippen molar-refractivity contribution in [1.29, 1.82) is 0 Å². The summed E-state index contributed by atoms with van der Waals surface area (Å²) in [6.45, 7) is 6.36. The fourth-order valence-corrected chi connectivity index (χ4v) is 9.38. The van der Waals surface area contributed by atoms with E-state index in [1.165, 1.54) is 116 Å². The van der Waals surface area contributed by atoms with Crippen LogP contribution in [0.5, 0.6) is 0 Å². The van der Waals surface area contributed by atoms with Crippen molar-refractivity contribution in [3.05, 3.63) is 0 Å². The smallest absolute Gasteiger partial charge is 0.0654 e. The van der Waals surface area contributed by atoms with E-state index < -0.39 is 6.81 Å². The Balaban J connectivity index is 4.02. The van der Waals surface area contributed by atoms with Gasteiger partial charge >= 0.3 is 0 Å². The van der Waals surface area contributed by atoms with Gasteiger partial charge in [-0.25, -0.2) is 0 Å². The van der Waals surface area contributed by atoms with E-state index in [0.29, 0.717) is 0 Å². The highest BCUT2D eigenvalue weighted by atomic mass is 31.4. The average molecular weight is 401 g/mol. The lowest BCUT2D eigenvalue weighted by Gasteiger charge is -2.24. The minimum absolute atomic E-state index is 0.608. The van der Waals surface area contributed by atoms with Crippen LogP contribution in [0.1, 0.15) is 136 Å². The van der Waals surface area contributed by atoms with Crippen LogP contribution in [-0.4, -0.2) is 28.4 Å². The van der Waals surface area contributed by atoms with Gasteiger partial charge < -0.3 is 0 Å². The Morgan fingerprint density at radius 2 is 0.615 bits per heavy atom. The summed E-state index contributed by atoms with van der Waals surface area (Å²) in [5.74, 6) is 0. The Labute approximate surface area is 171 Å². The van der Waals surface area contributed by atoms with Crippen LogP contribution >= 0.6 is 6.81 Å². The zero-order valence-corrected chi connectivity index (χ0v) is 21.3. The molecule has 0 nitrogen and oxygen atoms in total. The first-order chi connectivity index (χ1) is 12.7. The molecule has 0 unspecified atom stereocenters. The summed E-state index contributed by atoms with van der Waals surface area (Å²) in [6, 6.07) is 0. The molecule has 0 aliphatic rings. The molecular weight excluding hydrogens is 347 g/mol. The van der Waals surface area contributed by atoms with E-state index in [1.54, 1.807) is 18.5 Å². The average Bonchev–Trinajstić information content (AvgIpc) is 2.64. The second kappa shape index (κ2) is 20.4. The van der Waals surface area contributed by atoms with Gasteiger partial charge in [-0.2, -0.15) is 0 Å². The summed E-state index contributed by atoms with van der Waals surface area (Å²) in [4.78, 5) is 0. The van der Waals surface area contributed by atoms with Crippen molar-refractivity contribution in [3.8, 4) is 0 Å². The lowest BCUT2D eigenvalue weighted by molar-refractivity contribution is 0.617. The van der Waals surface area contributed by atoms with E-state index >= 15 is 0 Å². The molecule has 157 valence electrons. The molecule has 0 saturated heterocycles. The molecule has 0 atom stereocenters. The van der Waals surface area contributed by atoms with Gasteiger partial charge in [0.25, 0.3) is 0 Å². The first kappa shape index (κ1) is 26.6. The second-order valence-electron chi connectivity index (χ2n) is 8.82. The monoisotopic (exact) mass is 400 g/mol. The van der Waals surface area contributed by atoms with Gasteiger partial charge in [-0.1, -0.05) is 97.8 Å². The third-order valence-corrected chi connectivity index (χ3v) is 12.6. The SMILES string of the molecule is CCCCCCCC[P+]([SiH2])(CCCCCCCC)CCCCCCCC. The molecular formula is C24H53PSi+. The van der Waals surface area contributed by atoms with Gasteiger partial charge in [-0.3, -0.25) is 0 Å². The van der Waals surface area contributed by atoms with Gasteiger partial charge in [0.1, 0.15) is 0 Å². The van der Waals surface area contributed by atoms with Gasteiger partial charge in [0.05, 0.1) is 0 Å². The second-order valence-corrected chi connectivity index (χ2v) is 16.9. The molecule has 2 heteroatoms. The van der Waals surface area contributed by atoms with E-state index in [-0.39, 0.29) is 0 Å². The standard InChI is InChI=1S/C24H53PSi/c1-4-7-10-13-16-19-22-25(26,23-20-17-14-11-8-5-2)24-21-18-15-12-9-6-3/h4-24,26H2,1-3H3/q+1. The summed E-state index contributed by atoms with van der Waals surface area (Å²) < 4.78 is 0. The molecule has 0 aromatic carbocycles. The predicted octanol–water partition coefficient (Wildman–Crippen LogP) is 8.63. The fraction of sp³-hybridized carbons (Fsp3) is 1.00. The largest absolute Gasteiger partial charge is 0.225 e. The van der Waals surface area contributed by atoms with E-state index in [2.05, 4.69) is 30.7 Å². The highest BCUT2D eigenvalue weighted by molar-refractivity contribution is 7.97. The molecule has 1 radical (unpaired) electrons. The zero-order valence-electron chi connectivity index (χ0n) is 19.0. The summed E-state index contributed by atoms with van der Waals surface area (Å²) in [7, 11) is 2.49. The Kier molecular flexibility index (Phi) is 20.9. The lowest BCUT2D eigenvalue weighted by Crippen LogP contribution is -2.09. The third kappa shape index (κ3) is 18.0. The van der Waals surface area contributed by atoms with Crippen molar-refractivity contribution >= 4 is 16.7 Å². The van der Waals surface area contributed by atoms with Crippen LogP contribution in [0.2, 0.25) is 0 Å². The number of rotatable bonds is 21. The molecule has 26 heavy (non-hydrogen) atoms. The van der Waals surface area contributed by atoms with Gasteiger partial charge in [-0.15, -0.1) is 0 Å². The maximum atomic E-state index is 2.49. The molecule has 0 rings (SSSR count). The summed E-state index contributed by atoms with van der Waals surface area (Å²) >= 11 is 0. The van der Waals surface area contributed by atoms with Crippen LogP contribution in [0, 0.1) is 0 Å². The van der Waals surface area contributed by atoms with Crippen molar-refractivity contribution in [2.24, 2.45) is 0 Å². The Hall–Kier alpha value is 0.647. The molecule has 0 saturated carbocycles. The predicted molar refractivity (Wildman–Crippen MR) is 130 cm³/mol. The van der Waals surface area contributed by atoms with Crippen molar-refractivity contribution in [3.63, 3.8) is 0 Å². The number of hydrogen-bond acceptors (Lipinski definition) is 0. The van der Waals surface area contributed by atoms with Crippen molar-refractivity contribution < 1.29 is 0 Å². The van der Waals surface area contributed by atoms with Crippen molar-refractivity contribution in [1.82, 2.24) is 0 Å². The van der Waals surface area contributed by atoms with E-state index in [1.807, 2.05) is 0 Å². The molecule has 0 aliphatic carbocycles.